The van der Waals surface area contributed by atoms with Crippen molar-refractivity contribution >= 4 is 19.7 Å². The third-order valence-corrected chi connectivity index (χ3v) is 1.77. The molecule has 5 heteroatoms. The molecule has 0 unspecified atom stereocenters. The molecule has 0 aromatic heterocycles. The molecule has 0 saturated heterocycles. The molecule has 4 N–H and O–H groups in total. The maximum absolute atomic E-state index is 8.67. The Balaban J connectivity index is 3.89. The van der Waals surface area contributed by atoms with E-state index in [0.717, 1.165) is 4.91 Å². The zero-order valence-electron chi connectivity index (χ0n) is 7.07. The molecular formula is C7H14BNO2S. The summed E-state index contributed by atoms with van der Waals surface area (Å²) in [6.07, 6.45) is 4.17. The summed E-state index contributed by atoms with van der Waals surface area (Å²) in [6, 6.07) is 0. The lowest BCUT2D eigenvalue weighted by Gasteiger charge is -1.96. The Bertz CT molecular complexity index is 192. The van der Waals surface area contributed by atoms with Crippen LogP contribution in [0, 0.1) is 0 Å². The third kappa shape index (κ3) is 5.43. The molecule has 0 aliphatic carbocycles. The molecule has 0 saturated carbocycles. The second-order valence-electron chi connectivity index (χ2n) is 2.46. The number of hydrogen-bond acceptors (Lipinski definition) is 4. The molecule has 0 aliphatic rings. The molecule has 0 aliphatic heterocycles. The van der Waals surface area contributed by atoms with E-state index in [1.807, 2.05) is 6.08 Å². The van der Waals surface area contributed by atoms with Crippen LogP contribution in [0.3, 0.4) is 0 Å². The molecule has 0 radical (unpaired) electrons. The van der Waals surface area contributed by atoms with Gasteiger partial charge < -0.3 is 15.8 Å². The van der Waals surface area contributed by atoms with E-state index >= 15 is 0 Å². The largest absolute Gasteiger partial charge is 0.483 e. The molecule has 0 atom stereocenters. The average molecular weight is 187 g/mol. The Morgan fingerprint density at radius 1 is 1.50 bits per heavy atom. The van der Waals surface area contributed by atoms with Crippen LogP contribution in [0.4, 0.5) is 0 Å². The summed E-state index contributed by atoms with van der Waals surface area (Å²) in [5.41, 5.74) is 5.82. The first-order valence-corrected chi connectivity index (χ1v) is 4.13. The van der Waals surface area contributed by atoms with E-state index in [4.69, 9.17) is 15.8 Å². The fraction of sp³-hybridized carbons (Fsp3) is 0.429. The van der Waals surface area contributed by atoms with Gasteiger partial charge in [-0.15, -0.1) is 12.6 Å². The fourth-order valence-electron chi connectivity index (χ4n) is 0.570. The normalized spacial score (nSPS) is 13.4. The third-order valence-electron chi connectivity index (χ3n) is 1.41. The summed E-state index contributed by atoms with van der Waals surface area (Å²) in [5.74, 6) is 0. The maximum atomic E-state index is 8.67. The summed E-state index contributed by atoms with van der Waals surface area (Å²) in [7, 11) is -1.36. The highest BCUT2D eigenvalue weighted by Gasteiger charge is 2.07. The first-order chi connectivity index (χ1) is 5.57. The second kappa shape index (κ2) is 6.31. The smallest absolute Gasteiger partial charge is 0.423 e. The van der Waals surface area contributed by atoms with Crippen LogP contribution in [0.1, 0.15) is 13.3 Å². The van der Waals surface area contributed by atoms with E-state index in [2.05, 4.69) is 12.6 Å². The fourth-order valence-corrected chi connectivity index (χ4v) is 0.675. The molecule has 0 heterocycles. The first-order valence-electron chi connectivity index (χ1n) is 3.68. The summed E-state index contributed by atoms with van der Waals surface area (Å²) in [5, 5.41) is 17.3. The molecule has 3 nitrogen and oxygen atoms in total. The molecule has 0 aromatic carbocycles. The van der Waals surface area contributed by atoms with E-state index in [-0.39, 0.29) is 0 Å². The highest BCUT2D eigenvalue weighted by atomic mass is 32.1. The number of rotatable bonds is 4. The SMILES string of the molecule is CC(=CC/C=C(/S)CN)B(O)O. The van der Waals surface area contributed by atoms with Crippen molar-refractivity contribution in [2.45, 2.75) is 13.3 Å². The number of allylic oxidation sites excluding steroid dienone is 3. The van der Waals surface area contributed by atoms with Gasteiger partial charge in [-0.1, -0.05) is 12.2 Å². The minimum absolute atomic E-state index is 0.414. The van der Waals surface area contributed by atoms with Crippen molar-refractivity contribution in [2.24, 2.45) is 5.73 Å². The molecule has 0 amide bonds. The van der Waals surface area contributed by atoms with Gasteiger partial charge in [-0.3, -0.25) is 0 Å². The molecule has 0 fully saturated rings. The van der Waals surface area contributed by atoms with E-state index in [1.165, 1.54) is 0 Å². The van der Waals surface area contributed by atoms with Gasteiger partial charge in [-0.2, -0.15) is 0 Å². The van der Waals surface area contributed by atoms with Gasteiger partial charge in [-0.05, 0) is 23.7 Å². The molecular weight excluding hydrogens is 173 g/mol. The Kier molecular flexibility index (Phi) is 6.19. The highest BCUT2D eigenvalue weighted by molar-refractivity contribution is 7.84. The van der Waals surface area contributed by atoms with E-state index in [0.29, 0.717) is 18.4 Å². The summed E-state index contributed by atoms with van der Waals surface area (Å²) in [6.45, 7) is 2.07. The van der Waals surface area contributed by atoms with Crippen molar-refractivity contribution in [1.82, 2.24) is 0 Å². The van der Waals surface area contributed by atoms with Gasteiger partial charge in [0.1, 0.15) is 0 Å². The maximum Gasteiger partial charge on any atom is 0.483 e. The lowest BCUT2D eigenvalue weighted by Crippen LogP contribution is -2.12. The van der Waals surface area contributed by atoms with Crippen LogP contribution in [-0.2, 0) is 0 Å². The summed E-state index contributed by atoms with van der Waals surface area (Å²) < 4.78 is 0. The van der Waals surface area contributed by atoms with Gasteiger partial charge in [0, 0.05) is 6.54 Å². The average Bonchev–Trinajstić information content (AvgIpc) is 2.03. The van der Waals surface area contributed by atoms with Crippen molar-refractivity contribution in [3.05, 3.63) is 22.5 Å². The van der Waals surface area contributed by atoms with Crippen LogP contribution in [0.2, 0.25) is 0 Å². The van der Waals surface area contributed by atoms with Crippen molar-refractivity contribution in [3.8, 4) is 0 Å². The monoisotopic (exact) mass is 187 g/mol. The predicted molar refractivity (Wildman–Crippen MR) is 54.7 cm³/mol. The van der Waals surface area contributed by atoms with Gasteiger partial charge in [0.25, 0.3) is 0 Å². The molecule has 0 bridgehead atoms. The summed E-state index contributed by atoms with van der Waals surface area (Å²) in [4.78, 5) is 0.798. The van der Waals surface area contributed by atoms with Crippen molar-refractivity contribution in [2.75, 3.05) is 6.54 Å². The standard InChI is InChI=1S/C7H14BNO2S/c1-6(8(10)11)3-2-4-7(12)5-9/h3-4,10-12H,2,5,9H2,1H3/b6-3?,7-4+. The van der Waals surface area contributed by atoms with E-state index in [9.17, 15) is 0 Å². The van der Waals surface area contributed by atoms with Crippen LogP contribution >= 0.6 is 12.6 Å². The number of hydrogen-bond donors (Lipinski definition) is 4. The van der Waals surface area contributed by atoms with Crippen LogP contribution in [0.25, 0.3) is 0 Å². The van der Waals surface area contributed by atoms with Gasteiger partial charge in [0.2, 0.25) is 0 Å². The Hall–Kier alpha value is -0.225. The zero-order chi connectivity index (χ0) is 9.56. The lowest BCUT2D eigenvalue weighted by atomic mass is 9.80. The molecule has 0 spiro atoms. The zero-order valence-corrected chi connectivity index (χ0v) is 7.96. The van der Waals surface area contributed by atoms with E-state index < -0.39 is 7.12 Å². The highest BCUT2D eigenvalue weighted by Crippen LogP contribution is 2.02. The van der Waals surface area contributed by atoms with Crippen molar-refractivity contribution in [3.63, 3.8) is 0 Å². The van der Waals surface area contributed by atoms with Gasteiger partial charge >= 0.3 is 7.12 Å². The second-order valence-corrected chi connectivity index (χ2v) is 3.03. The molecule has 68 valence electrons. The van der Waals surface area contributed by atoms with E-state index in [1.54, 1.807) is 13.0 Å². The molecule has 0 aromatic rings. The lowest BCUT2D eigenvalue weighted by molar-refractivity contribution is 0.419. The Morgan fingerprint density at radius 2 is 2.08 bits per heavy atom. The first kappa shape index (κ1) is 11.8. The number of nitrogens with two attached hydrogens (primary N) is 1. The van der Waals surface area contributed by atoms with Gasteiger partial charge in [0.15, 0.2) is 0 Å². The quantitative estimate of drug-likeness (QED) is 0.373. The molecule has 0 rings (SSSR count). The van der Waals surface area contributed by atoms with Crippen molar-refractivity contribution in [1.29, 1.82) is 0 Å². The molecule has 12 heavy (non-hydrogen) atoms. The Morgan fingerprint density at radius 3 is 2.50 bits per heavy atom. The van der Waals surface area contributed by atoms with Crippen LogP contribution in [0.5, 0.6) is 0 Å². The minimum atomic E-state index is -1.36. The van der Waals surface area contributed by atoms with Crippen LogP contribution < -0.4 is 5.73 Å². The Labute approximate surface area is 78.5 Å². The number of thiol groups is 1. The van der Waals surface area contributed by atoms with Gasteiger partial charge in [-0.25, -0.2) is 0 Å². The summed E-state index contributed by atoms with van der Waals surface area (Å²) >= 11 is 4.07. The topological polar surface area (TPSA) is 66.5 Å². The van der Waals surface area contributed by atoms with Gasteiger partial charge in [0.05, 0.1) is 0 Å². The van der Waals surface area contributed by atoms with Crippen LogP contribution in [-0.4, -0.2) is 23.7 Å². The van der Waals surface area contributed by atoms with Crippen molar-refractivity contribution < 1.29 is 10.0 Å². The minimum Gasteiger partial charge on any atom is -0.423 e. The predicted octanol–water partition coefficient (Wildman–Crippen LogP) is 0.107. The van der Waals surface area contributed by atoms with Crippen LogP contribution in [0.15, 0.2) is 22.5 Å².